The Morgan fingerprint density at radius 1 is 0.500 bits per heavy atom. The maximum absolute atomic E-state index is 12.0. The molecule has 5 heteroatoms. The fraction of sp³-hybridized carbons (Fsp3) is 0.0233. The van der Waals surface area contributed by atoms with Gasteiger partial charge in [-0.25, -0.2) is 9.78 Å². The van der Waals surface area contributed by atoms with Gasteiger partial charge in [-0.3, -0.25) is 4.57 Å². The van der Waals surface area contributed by atoms with Crippen molar-refractivity contribution in [1.82, 2.24) is 14.1 Å². The van der Waals surface area contributed by atoms with Crippen LogP contribution in [0.3, 0.4) is 0 Å². The molecule has 0 unspecified atom stereocenters. The summed E-state index contributed by atoms with van der Waals surface area (Å²) in [5.74, 6) is 0.477. The molecule has 0 spiro atoms. The Kier molecular flexibility index (Phi) is 6.44. The van der Waals surface area contributed by atoms with Gasteiger partial charge in [-0.05, 0) is 83.9 Å². The molecule has 9 rings (SSSR count). The smallest absolute Gasteiger partial charge is 0.337 e. The van der Waals surface area contributed by atoms with Gasteiger partial charge in [0.1, 0.15) is 5.82 Å². The molecule has 0 aliphatic heterocycles. The van der Waals surface area contributed by atoms with Crippen molar-refractivity contribution < 1.29 is 9.53 Å². The van der Waals surface area contributed by atoms with E-state index in [2.05, 4.69) is 124 Å². The molecule has 0 atom stereocenters. The summed E-state index contributed by atoms with van der Waals surface area (Å²) in [7, 11) is 1.39. The third-order valence-corrected chi connectivity index (χ3v) is 9.26. The number of methoxy groups -OCH3 is 1. The van der Waals surface area contributed by atoms with E-state index >= 15 is 0 Å². The van der Waals surface area contributed by atoms with Crippen molar-refractivity contribution in [2.24, 2.45) is 0 Å². The summed E-state index contributed by atoms with van der Waals surface area (Å²) in [6, 6.07) is 54.7. The zero-order valence-corrected chi connectivity index (χ0v) is 26.2. The molecule has 0 amide bonds. The van der Waals surface area contributed by atoms with Gasteiger partial charge < -0.3 is 9.30 Å². The molecule has 0 aliphatic carbocycles. The number of ether oxygens (including phenoxy) is 1. The standard InChI is InChI=1S/C43H29N3O2/c1-48-43(47)29-20-18-28(19-21-29)37-14-9-17-42(44-37)46-39-16-8-6-13-34(39)36-27-31(23-25-41(36)46)30-22-24-40-35(26-30)33-12-5-7-15-38(33)45(40)32-10-3-2-4-11-32/h2-27H,1H3. The van der Waals surface area contributed by atoms with Gasteiger partial charge in [0.05, 0.1) is 40.4 Å². The first-order chi connectivity index (χ1) is 23.7. The van der Waals surface area contributed by atoms with Gasteiger partial charge in [0.25, 0.3) is 0 Å². The van der Waals surface area contributed by atoms with Crippen molar-refractivity contribution >= 4 is 49.6 Å². The number of carbonyl (C=O) groups excluding carboxylic acids is 1. The maximum atomic E-state index is 12.0. The summed E-state index contributed by atoms with van der Waals surface area (Å²) in [5.41, 5.74) is 10.3. The first-order valence-electron chi connectivity index (χ1n) is 16.0. The number of carbonyl (C=O) groups is 1. The fourth-order valence-corrected chi connectivity index (χ4v) is 7.01. The molecular weight excluding hydrogens is 590 g/mol. The Morgan fingerprint density at radius 2 is 1.04 bits per heavy atom. The lowest BCUT2D eigenvalue weighted by Crippen LogP contribution is -2.01. The molecule has 0 aliphatic rings. The highest BCUT2D eigenvalue weighted by molar-refractivity contribution is 6.12. The number of rotatable bonds is 5. The van der Waals surface area contributed by atoms with E-state index < -0.39 is 0 Å². The first-order valence-corrected chi connectivity index (χ1v) is 16.0. The van der Waals surface area contributed by atoms with Gasteiger partial charge in [0.2, 0.25) is 0 Å². The Balaban J connectivity index is 1.18. The quantitative estimate of drug-likeness (QED) is 0.180. The number of fused-ring (bicyclic) bond motifs is 6. The Labute approximate surface area is 276 Å². The number of hydrogen-bond donors (Lipinski definition) is 0. The number of benzene rings is 6. The third kappa shape index (κ3) is 4.40. The number of hydrogen-bond acceptors (Lipinski definition) is 3. The SMILES string of the molecule is COC(=O)c1ccc(-c2cccc(-n3c4ccccc4c4cc(-c5ccc6c(c5)c5ccccc5n6-c5ccccc5)ccc43)n2)cc1. The predicted octanol–water partition coefficient (Wildman–Crippen LogP) is 10.4. The molecule has 0 radical (unpaired) electrons. The van der Waals surface area contributed by atoms with E-state index in [1.165, 1.54) is 45.3 Å². The van der Waals surface area contributed by atoms with Crippen LogP contribution in [0.1, 0.15) is 10.4 Å². The maximum Gasteiger partial charge on any atom is 0.337 e. The van der Waals surface area contributed by atoms with E-state index in [0.29, 0.717) is 5.56 Å². The molecule has 0 saturated carbocycles. The highest BCUT2D eigenvalue weighted by Gasteiger charge is 2.17. The lowest BCUT2D eigenvalue weighted by molar-refractivity contribution is 0.0600. The van der Waals surface area contributed by atoms with Gasteiger partial charge in [-0.15, -0.1) is 0 Å². The highest BCUT2D eigenvalue weighted by Crippen LogP contribution is 2.38. The normalized spacial score (nSPS) is 11.5. The monoisotopic (exact) mass is 619 g/mol. The molecule has 0 fully saturated rings. The zero-order valence-electron chi connectivity index (χ0n) is 26.2. The number of nitrogens with zero attached hydrogens (tertiary/aromatic N) is 3. The van der Waals surface area contributed by atoms with Crippen molar-refractivity contribution in [3.8, 4) is 33.9 Å². The average Bonchev–Trinajstić information content (AvgIpc) is 3.67. The Bertz CT molecular complexity index is 2670. The van der Waals surface area contributed by atoms with Crippen LogP contribution in [0.15, 0.2) is 158 Å². The second-order valence-electron chi connectivity index (χ2n) is 12.0. The minimum absolute atomic E-state index is 0.355. The fourth-order valence-electron chi connectivity index (χ4n) is 7.01. The second kappa shape index (κ2) is 11.1. The molecule has 0 N–H and O–H groups in total. The molecule has 9 aromatic rings. The highest BCUT2D eigenvalue weighted by atomic mass is 16.5. The van der Waals surface area contributed by atoms with Crippen molar-refractivity contribution in [1.29, 1.82) is 0 Å². The summed E-state index contributed by atoms with van der Waals surface area (Å²) in [6.45, 7) is 0. The molecule has 5 nitrogen and oxygen atoms in total. The summed E-state index contributed by atoms with van der Waals surface area (Å²) in [5, 5.41) is 4.81. The van der Waals surface area contributed by atoms with E-state index in [9.17, 15) is 4.79 Å². The second-order valence-corrected chi connectivity index (χ2v) is 12.0. The minimum atomic E-state index is -0.355. The van der Waals surface area contributed by atoms with Crippen molar-refractivity contribution in [2.45, 2.75) is 0 Å². The van der Waals surface area contributed by atoms with Crippen molar-refractivity contribution in [3.63, 3.8) is 0 Å². The third-order valence-electron chi connectivity index (χ3n) is 9.26. The number of pyridine rings is 1. The summed E-state index contributed by atoms with van der Waals surface area (Å²) in [6.07, 6.45) is 0. The number of esters is 1. The largest absolute Gasteiger partial charge is 0.465 e. The minimum Gasteiger partial charge on any atom is -0.465 e. The van der Waals surface area contributed by atoms with Gasteiger partial charge in [0.15, 0.2) is 0 Å². The summed E-state index contributed by atoms with van der Waals surface area (Å²) < 4.78 is 9.44. The van der Waals surface area contributed by atoms with Crippen LogP contribution in [0.5, 0.6) is 0 Å². The van der Waals surface area contributed by atoms with E-state index in [1.54, 1.807) is 12.1 Å². The molecule has 0 bridgehead atoms. The number of para-hydroxylation sites is 3. The Morgan fingerprint density at radius 3 is 1.69 bits per heavy atom. The van der Waals surface area contributed by atoms with Crippen LogP contribution in [-0.4, -0.2) is 27.2 Å². The van der Waals surface area contributed by atoms with Crippen LogP contribution in [0.25, 0.3) is 77.5 Å². The van der Waals surface area contributed by atoms with E-state index in [1.807, 2.05) is 30.3 Å². The van der Waals surface area contributed by atoms with Crippen molar-refractivity contribution in [2.75, 3.05) is 7.11 Å². The van der Waals surface area contributed by atoms with Crippen LogP contribution in [0.2, 0.25) is 0 Å². The first kappa shape index (κ1) is 27.8. The molecule has 0 saturated heterocycles. The Hall–Kier alpha value is -6.46. The van der Waals surface area contributed by atoms with Gasteiger partial charge in [0, 0.05) is 32.8 Å². The van der Waals surface area contributed by atoms with E-state index in [4.69, 9.17) is 9.72 Å². The zero-order chi connectivity index (χ0) is 32.2. The van der Waals surface area contributed by atoms with E-state index in [0.717, 1.165) is 39.4 Å². The molecule has 48 heavy (non-hydrogen) atoms. The molecule has 228 valence electrons. The van der Waals surface area contributed by atoms with Crippen LogP contribution >= 0.6 is 0 Å². The lowest BCUT2D eigenvalue weighted by atomic mass is 10.0. The van der Waals surface area contributed by atoms with Gasteiger partial charge in [-0.2, -0.15) is 0 Å². The topological polar surface area (TPSA) is 49.0 Å². The van der Waals surface area contributed by atoms with E-state index in [-0.39, 0.29) is 5.97 Å². The summed E-state index contributed by atoms with van der Waals surface area (Å²) >= 11 is 0. The van der Waals surface area contributed by atoms with Gasteiger partial charge in [-0.1, -0.05) is 84.9 Å². The average molecular weight is 620 g/mol. The van der Waals surface area contributed by atoms with Crippen LogP contribution < -0.4 is 0 Å². The van der Waals surface area contributed by atoms with Crippen molar-refractivity contribution in [3.05, 3.63) is 163 Å². The summed E-state index contributed by atoms with van der Waals surface area (Å²) in [4.78, 5) is 17.1. The predicted molar refractivity (Wildman–Crippen MR) is 195 cm³/mol. The van der Waals surface area contributed by atoms with Crippen LogP contribution in [-0.2, 0) is 4.74 Å². The molecule has 3 heterocycles. The molecule has 6 aromatic carbocycles. The lowest BCUT2D eigenvalue weighted by Gasteiger charge is -2.10. The number of aromatic nitrogens is 3. The van der Waals surface area contributed by atoms with Gasteiger partial charge >= 0.3 is 5.97 Å². The molecular formula is C43H29N3O2. The molecule has 3 aromatic heterocycles. The van der Waals surface area contributed by atoms with Crippen LogP contribution in [0.4, 0.5) is 0 Å². The van der Waals surface area contributed by atoms with Crippen LogP contribution in [0, 0.1) is 0 Å².